The van der Waals surface area contributed by atoms with Crippen LogP contribution in [0.1, 0.15) is 18.1 Å². The number of benzene rings is 1. The average molecular weight is 288 g/mol. The molecule has 3 nitrogen and oxygen atoms in total. The van der Waals surface area contributed by atoms with Gasteiger partial charge in [0.1, 0.15) is 0 Å². The van der Waals surface area contributed by atoms with E-state index in [2.05, 4.69) is 11.0 Å². The summed E-state index contributed by atoms with van der Waals surface area (Å²) in [6, 6.07) is 6.17. The van der Waals surface area contributed by atoms with Gasteiger partial charge in [-0.1, -0.05) is 6.07 Å². The molecule has 1 heterocycles. The zero-order chi connectivity index (χ0) is 13.3. The summed E-state index contributed by atoms with van der Waals surface area (Å²) in [6.07, 6.45) is 0. The van der Waals surface area contributed by atoms with E-state index in [0.29, 0.717) is 12.4 Å². The molecule has 1 aliphatic rings. The maximum atomic E-state index is 11.6. The van der Waals surface area contributed by atoms with Gasteiger partial charge in [0, 0.05) is 24.2 Å². The second-order valence-electron chi connectivity index (χ2n) is 4.90. The summed E-state index contributed by atoms with van der Waals surface area (Å²) >= 11 is 5.84. The molecule has 0 radical (unpaired) electrons. The van der Waals surface area contributed by atoms with Crippen molar-refractivity contribution in [3.05, 3.63) is 29.3 Å². The number of hydrogen-bond acceptors (Lipinski definition) is 3. The number of sulfone groups is 1. The first-order valence-corrected chi connectivity index (χ1v) is 8.41. The summed E-state index contributed by atoms with van der Waals surface area (Å²) in [5.74, 6) is 0.993. The van der Waals surface area contributed by atoms with Gasteiger partial charge in [0.15, 0.2) is 9.84 Å². The van der Waals surface area contributed by atoms with Crippen LogP contribution < -0.4 is 4.90 Å². The van der Waals surface area contributed by atoms with Crippen LogP contribution in [-0.4, -0.2) is 32.5 Å². The Balaban J connectivity index is 2.25. The molecule has 0 spiro atoms. The third-order valence-corrected chi connectivity index (χ3v) is 5.55. The van der Waals surface area contributed by atoms with Crippen LogP contribution in [0.4, 0.5) is 5.69 Å². The Labute approximate surface area is 114 Å². The molecule has 1 aromatic carbocycles. The van der Waals surface area contributed by atoms with Crippen molar-refractivity contribution in [1.29, 1.82) is 0 Å². The second kappa shape index (κ2) is 5.10. The minimum absolute atomic E-state index is 0.0324. The van der Waals surface area contributed by atoms with Gasteiger partial charge in [-0.3, -0.25) is 0 Å². The number of anilines is 1. The zero-order valence-corrected chi connectivity index (χ0v) is 12.3. The van der Waals surface area contributed by atoms with E-state index in [-0.39, 0.29) is 17.5 Å². The first-order chi connectivity index (χ1) is 8.43. The lowest BCUT2D eigenvalue weighted by Crippen LogP contribution is -2.47. The fraction of sp³-hybridized carbons (Fsp3) is 0.538. The summed E-state index contributed by atoms with van der Waals surface area (Å²) in [5.41, 5.74) is 3.37. The van der Waals surface area contributed by atoms with Crippen LogP contribution in [0.25, 0.3) is 0 Å². The van der Waals surface area contributed by atoms with Gasteiger partial charge >= 0.3 is 0 Å². The van der Waals surface area contributed by atoms with Gasteiger partial charge in [0.2, 0.25) is 0 Å². The Morgan fingerprint density at radius 2 is 2.17 bits per heavy atom. The van der Waals surface area contributed by atoms with E-state index in [1.807, 2.05) is 26.0 Å². The fourth-order valence-electron chi connectivity index (χ4n) is 2.39. The third kappa shape index (κ3) is 2.81. The molecule has 0 saturated carbocycles. The van der Waals surface area contributed by atoms with Gasteiger partial charge in [-0.25, -0.2) is 8.42 Å². The van der Waals surface area contributed by atoms with E-state index >= 15 is 0 Å². The second-order valence-corrected chi connectivity index (χ2v) is 7.40. The highest BCUT2D eigenvalue weighted by molar-refractivity contribution is 7.91. The average Bonchev–Trinajstić information content (AvgIpc) is 2.27. The van der Waals surface area contributed by atoms with Crippen LogP contribution in [0.3, 0.4) is 0 Å². The monoisotopic (exact) mass is 287 g/mol. The van der Waals surface area contributed by atoms with Crippen LogP contribution in [0, 0.1) is 6.92 Å². The molecule has 0 N–H and O–H groups in total. The smallest absolute Gasteiger partial charge is 0.154 e. The minimum atomic E-state index is -2.86. The molecule has 0 amide bonds. The molecule has 1 saturated heterocycles. The van der Waals surface area contributed by atoms with Gasteiger partial charge in [0.05, 0.1) is 11.5 Å². The summed E-state index contributed by atoms with van der Waals surface area (Å²) < 4.78 is 23.1. The number of aryl methyl sites for hydroxylation is 1. The lowest BCUT2D eigenvalue weighted by molar-refractivity contribution is 0.568. The zero-order valence-electron chi connectivity index (χ0n) is 10.7. The van der Waals surface area contributed by atoms with Crippen molar-refractivity contribution in [1.82, 2.24) is 0 Å². The Morgan fingerprint density at radius 3 is 2.72 bits per heavy atom. The molecule has 5 heteroatoms. The molecule has 0 aliphatic carbocycles. The van der Waals surface area contributed by atoms with Gasteiger partial charge in [-0.15, -0.1) is 11.6 Å². The molecule has 1 fully saturated rings. The first-order valence-electron chi connectivity index (χ1n) is 6.05. The fourth-order valence-corrected chi connectivity index (χ4v) is 4.25. The standard InChI is InChI=1S/C13H18ClNO2S/c1-10-7-13(4-3-12(10)8-14)15-5-6-18(16,17)9-11(15)2/h3-4,7,11H,5-6,8-9H2,1-2H3. The highest BCUT2D eigenvalue weighted by Gasteiger charge is 2.28. The van der Waals surface area contributed by atoms with E-state index in [0.717, 1.165) is 16.8 Å². The van der Waals surface area contributed by atoms with E-state index < -0.39 is 9.84 Å². The molecular formula is C13H18ClNO2S. The normalized spacial score (nSPS) is 23.1. The molecule has 1 aliphatic heterocycles. The first kappa shape index (κ1) is 13.7. The Morgan fingerprint density at radius 1 is 1.44 bits per heavy atom. The van der Waals surface area contributed by atoms with Crippen molar-refractivity contribution in [2.24, 2.45) is 0 Å². The predicted molar refractivity (Wildman–Crippen MR) is 76.2 cm³/mol. The summed E-state index contributed by atoms with van der Waals surface area (Å²) in [6.45, 7) is 4.57. The quantitative estimate of drug-likeness (QED) is 0.784. The van der Waals surface area contributed by atoms with Crippen LogP contribution in [0.15, 0.2) is 18.2 Å². The van der Waals surface area contributed by atoms with Gasteiger partial charge < -0.3 is 4.90 Å². The van der Waals surface area contributed by atoms with Gasteiger partial charge in [-0.2, -0.15) is 0 Å². The third-order valence-electron chi connectivity index (χ3n) is 3.47. The van der Waals surface area contributed by atoms with E-state index in [4.69, 9.17) is 11.6 Å². The van der Waals surface area contributed by atoms with Crippen molar-refractivity contribution >= 4 is 27.1 Å². The van der Waals surface area contributed by atoms with Crippen molar-refractivity contribution in [3.63, 3.8) is 0 Å². The molecule has 0 bridgehead atoms. The Bertz CT molecular complexity index is 542. The van der Waals surface area contributed by atoms with Crippen LogP contribution in [0.5, 0.6) is 0 Å². The number of alkyl halides is 1. The van der Waals surface area contributed by atoms with Gasteiger partial charge in [0.25, 0.3) is 0 Å². The summed E-state index contributed by atoms with van der Waals surface area (Å²) in [7, 11) is -2.86. The van der Waals surface area contributed by atoms with Crippen LogP contribution >= 0.6 is 11.6 Å². The van der Waals surface area contributed by atoms with E-state index in [1.54, 1.807) is 0 Å². The maximum Gasteiger partial charge on any atom is 0.154 e. The molecule has 0 aromatic heterocycles. The lowest BCUT2D eigenvalue weighted by Gasteiger charge is -2.35. The summed E-state index contributed by atoms with van der Waals surface area (Å²) in [4.78, 5) is 2.16. The van der Waals surface area contributed by atoms with E-state index in [1.165, 1.54) is 0 Å². The Hall–Kier alpha value is -0.740. The molecule has 1 atom stereocenters. The predicted octanol–water partition coefficient (Wildman–Crippen LogP) is 2.36. The number of rotatable bonds is 2. The van der Waals surface area contributed by atoms with Crippen molar-refractivity contribution < 1.29 is 8.42 Å². The summed E-state index contributed by atoms with van der Waals surface area (Å²) in [5, 5.41) is 0. The number of nitrogens with zero attached hydrogens (tertiary/aromatic N) is 1. The molecule has 1 unspecified atom stereocenters. The van der Waals surface area contributed by atoms with Crippen LogP contribution in [0.2, 0.25) is 0 Å². The molecule has 18 heavy (non-hydrogen) atoms. The van der Waals surface area contributed by atoms with Crippen molar-refractivity contribution in [2.45, 2.75) is 25.8 Å². The number of halogens is 1. The molecular weight excluding hydrogens is 270 g/mol. The minimum Gasteiger partial charge on any atom is -0.367 e. The Kier molecular flexibility index (Phi) is 3.87. The van der Waals surface area contributed by atoms with Crippen molar-refractivity contribution in [2.75, 3.05) is 23.0 Å². The molecule has 2 rings (SSSR count). The van der Waals surface area contributed by atoms with Gasteiger partial charge in [-0.05, 0) is 37.1 Å². The number of hydrogen-bond donors (Lipinski definition) is 0. The largest absolute Gasteiger partial charge is 0.367 e. The SMILES string of the molecule is Cc1cc(N2CCS(=O)(=O)CC2C)ccc1CCl. The highest BCUT2D eigenvalue weighted by Crippen LogP contribution is 2.24. The highest BCUT2D eigenvalue weighted by atomic mass is 35.5. The van der Waals surface area contributed by atoms with Crippen molar-refractivity contribution in [3.8, 4) is 0 Å². The molecule has 100 valence electrons. The molecule has 1 aromatic rings. The maximum absolute atomic E-state index is 11.6. The van der Waals surface area contributed by atoms with E-state index in [9.17, 15) is 8.42 Å². The van der Waals surface area contributed by atoms with Crippen LogP contribution in [-0.2, 0) is 15.7 Å². The lowest BCUT2D eigenvalue weighted by atomic mass is 10.1. The topological polar surface area (TPSA) is 37.4 Å².